The quantitative estimate of drug-likeness (QED) is 0.0319. The van der Waals surface area contributed by atoms with Gasteiger partial charge in [-0.2, -0.15) is 0 Å². The van der Waals surface area contributed by atoms with Gasteiger partial charge in [0.1, 0.15) is 25.3 Å². The number of aliphatic hydroxyl groups excluding tert-OH is 1. The standard InChI is InChI=1S/C54H55N3O7S2/c1-4-30-63-49(59)33-48(58)50(36(2)3)57-52(61)47(35-66-54(37-19-8-5-9-20-37,38-21-10-6-11-22-38)39-23-12-7-13-24-39)55-51(60)46(32-40-25-18-31-65-40)56-53(62)64-34-45-43-28-16-14-26-41(43)42-27-15-17-29-44(42)45/h4-29,31,36,45-48,50,58H,1,30,32-35H2,2-3H3,(H,55,60)(H,56,62)(H,57,61)/t46?,47?,48-,50+/m0/s1. The summed E-state index contributed by atoms with van der Waals surface area (Å²) in [6, 6.07) is 46.6. The van der Waals surface area contributed by atoms with Crippen LogP contribution in [0.4, 0.5) is 4.79 Å². The van der Waals surface area contributed by atoms with Gasteiger partial charge in [0.05, 0.1) is 23.3 Å². The summed E-state index contributed by atoms with van der Waals surface area (Å²) in [5, 5.41) is 22.1. The van der Waals surface area contributed by atoms with Gasteiger partial charge in [-0.25, -0.2) is 4.79 Å². The lowest BCUT2D eigenvalue weighted by molar-refractivity contribution is -0.145. The molecule has 6 aromatic rings. The Labute approximate surface area is 394 Å². The Balaban J connectivity index is 1.19. The highest BCUT2D eigenvalue weighted by Crippen LogP contribution is 2.49. The molecule has 3 amide bonds. The van der Waals surface area contributed by atoms with E-state index in [2.05, 4.69) is 34.7 Å². The lowest BCUT2D eigenvalue weighted by Crippen LogP contribution is -2.58. The van der Waals surface area contributed by atoms with Crippen molar-refractivity contribution in [1.29, 1.82) is 0 Å². The Morgan fingerprint density at radius 1 is 0.697 bits per heavy atom. The van der Waals surface area contributed by atoms with E-state index in [9.17, 15) is 24.3 Å². The normalized spacial score (nSPS) is 13.9. The molecule has 66 heavy (non-hydrogen) atoms. The molecule has 0 saturated carbocycles. The third-order valence-corrected chi connectivity index (χ3v) is 14.3. The monoisotopic (exact) mass is 921 g/mol. The predicted octanol–water partition coefficient (Wildman–Crippen LogP) is 9.03. The van der Waals surface area contributed by atoms with Gasteiger partial charge in [-0.05, 0) is 56.3 Å². The summed E-state index contributed by atoms with van der Waals surface area (Å²) < 4.78 is 10.2. The van der Waals surface area contributed by atoms with E-state index in [1.807, 2.05) is 159 Å². The number of ether oxygens (including phenoxy) is 2. The molecule has 0 spiro atoms. The van der Waals surface area contributed by atoms with Crippen LogP contribution in [-0.2, 0) is 35.0 Å². The molecule has 0 bridgehead atoms. The van der Waals surface area contributed by atoms with Gasteiger partial charge in [0.2, 0.25) is 11.8 Å². The van der Waals surface area contributed by atoms with Crippen molar-refractivity contribution in [2.75, 3.05) is 19.0 Å². The number of rotatable bonds is 21. The molecule has 1 aromatic heterocycles. The second-order valence-electron chi connectivity index (χ2n) is 16.5. The molecule has 0 aliphatic heterocycles. The van der Waals surface area contributed by atoms with Crippen molar-refractivity contribution in [3.05, 3.63) is 202 Å². The smallest absolute Gasteiger partial charge is 0.407 e. The molecule has 1 aliphatic rings. The Kier molecular flexibility index (Phi) is 16.3. The largest absolute Gasteiger partial charge is 0.461 e. The molecular formula is C54H55N3O7S2. The number of fused-ring (bicyclic) bond motifs is 3. The maximum Gasteiger partial charge on any atom is 0.407 e. The fraction of sp³-hybridized carbons (Fsp3) is 0.259. The molecule has 340 valence electrons. The van der Waals surface area contributed by atoms with E-state index in [4.69, 9.17) is 9.47 Å². The number of nitrogens with one attached hydrogen (secondary N) is 3. The van der Waals surface area contributed by atoms with Crippen LogP contribution in [0.5, 0.6) is 0 Å². The number of benzene rings is 5. The summed E-state index contributed by atoms with van der Waals surface area (Å²) in [5.41, 5.74) is 7.17. The molecule has 4 N–H and O–H groups in total. The number of aliphatic hydroxyl groups is 1. The van der Waals surface area contributed by atoms with Gasteiger partial charge < -0.3 is 30.5 Å². The first-order valence-electron chi connectivity index (χ1n) is 22.1. The van der Waals surface area contributed by atoms with Crippen LogP contribution in [0.15, 0.2) is 170 Å². The first kappa shape index (κ1) is 47.5. The molecule has 2 unspecified atom stereocenters. The summed E-state index contributed by atoms with van der Waals surface area (Å²) >= 11 is 2.92. The summed E-state index contributed by atoms with van der Waals surface area (Å²) in [6.45, 7) is 7.26. The Bertz CT molecular complexity index is 2410. The maximum atomic E-state index is 14.8. The van der Waals surface area contributed by atoms with Crippen LogP contribution in [0.2, 0.25) is 0 Å². The molecule has 1 aliphatic carbocycles. The van der Waals surface area contributed by atoms with Crippen LogP contribution >= 0.6 is 23.1 Å². The summed E-state index contributed by atoms with van der Waals surface area (Å²) in [6.07, 6.45) is -0.863. The SMILES string of the molecule is C=CCOC(=O)C[C@H](O)[C@H](NC(=O)C(CSC(c1ccccc1)(c1ccccc1)c1ccccc1)NC(=O)C(Cc1cccs1)NC(=O)OCC1c2ccccc2-c2ccccc21)C(C)C. The van der Waals surface area contributed by atoms with Gasteiger partial charge in [0.25, 0.3) is 0 Å². The molecule has 7 rings (SSSR count). The number of esters is 1. The average Bonchev–Trinajstić information content (AvgIpc) is 3.98. The van der Waals surface area contributed by atoms with Gasteiger partial charge in [-0.15, -0.1) is 23.1 Å². The van der Waals surface area contributed by atoms with Crippen LogP contribution < -0.4 is 16.0 Å². The lowest BCUT2D eigenvalue weighted by Gasteiger charge is -2.37. The van der Waals surface area contributed by atoms with Gasteiger partial charge in [0, 0.05) is 23.0 Å². The van der Waals surface area contributed by atoms with Crippen molar-refractivity contribution in [2.45, 2.75) is 61.6 Å². The number of thiophene rings is 1. The fourth-order valence-electron chi connectivity index (χ4n) is 8.53. The number of hydrogen-bond donors (Lipinski definition) is 4. The maximum absolute atomic E-state index is 14.8. The van der Waals surface area contributed by atoms with E-state index in [1.165, 1.54) is 29.2 Å². The van der Waals surface area contributed by atoms with Crippen LogP contribution in [0.1, 0.15) is 58.9 Å². The Morgan fingerprint density at radius 2 is 1.23 bits per heavy atom. The highest BCUT2D eigenvalue weighted by atomic mass is 32.2. The lowest BCUT2D eigenvalue weighted by atomic mass is 9.84. The highest BCUT2D eigenvalue weighted by molar-refractivity contribution is 8.00. The fourth-order valence-corrected chi connectivity index (χ4v) is 10.8. The summed E-state index contributed by atoms with van der Waals surface area (Å²) in [5.74, 6) is -2.28. The van der Waals surface area contributed by atoms with E-state index >= 15 is 0 Å². The van der Waals surface area contributed by atoms with Crippen molar-refractivity contribution >= 4 is 47.0 Å². The average molecular weight is 922 g/mol. The van der Waals surface area contributed by atoms with Crippen molar-refractivity contribution in [1.82, 2.24) is 16.0 Å². The van der Waals surface area contributed by atoms with Crippen molar-refractivity contribution < 1.29 is 33.8 Å². The van der Waals surface area contributed by atoms with Gasteiger partial charge >= 0.3 is 12.1 Å². The van der Waals surface area contributed by atoms with Crippen LogP contribution in [-0.4, -0.2) is 72.2 Å². The molecular weight excluding hydrogens is 867 g/mol. The summed E-state index contributed by atoms with van der Waals surface area (Å²) in [7, 11) is 0. The Morgan fingerprint density at radius 3 is 1.74 bits per heavy atom. The molecule has 5 aromatic carbocycles. The molecule has 0 radical (unpaired) electrons. The van der Waals surface area contributed by atoms with Gasteiger partial charge in [-0.1, -0.05) is 172 Å². The first-order valence-corrected chi connectivity index (χ1v) is 23.9. The number of amides is 3. The van der Waals surface area contributed by atoms with E-state index < -0.39 is 52.9 Å². The summed E-state index contributed by atoms with van der Waals surface area (Å²) in [4.78, 5) is 56.8. The number of carbonyl (C=O) groups excluding carboxylic acids is 4. The molecule has 0 saturated heterocycles. The molecule has 4 atom stereocenters. The zero-order valence-corrected chi connectivity index (χ0v) is 38.6. The third kappa shape index (κ3) is 11.3. The van der Waals surface area contributed by atoms with E-state index in [0.29, 0.717) is 0 Å². The van der Waals surface area contributed by atoms with Crippen LogP contribution in [0, 0.1) is 5.92 Å². The minimum Gasteiger partial charge on any atom is -0.461 e. The molecule has 10 nitrogen and oxygen atoms in total. The predicted molar refractivity (Wildman–Crippen MR) is 262 cm³/mol. The van der Waals surface area contributed by atoms with E-state index in [1.54, 1.807) is 0 Å². The van der Waals surface area contributed by atoms with Crippen LogP contribution in [0.3, 0.4) is 0 Å². The zero-order chi connectivity index (χ0) is 46.5. The second-order valence-corrected chi connectivity index (χ2v) is 18.7. The number of thioether (sulfide) groups is 1. The second kappa shape index (κ2) is 22.6. The Hall–Kier alpha value is -6.47. The highest BCUT2D eigenvalue weighted by Gasteiger charge is 2.40. The zero-order valence-electron chi connectivity index (χ0n) is 37.0. The van der Waals surface area contributed by atoms with E-state index in [0.717, 1.165) is 43.8 Å². The molecule has 12 heteroatoms. The minimum absolute atomic E-state index is 0.0156. The number of carbonyl (C=O) groups is 4. The first-order chi connectivity index (χ1) is 32.1. The van der Waals surface area contributed by atoms with Crippen LogP contribution in [0.25, 0.3) is 11.1 Å². The van der Waals surface area contributed by atoms with Crippen molar-refractivity contribution in [2.24, 2.45) is 5.92 Å². The minimum atomic E-state index is -1.30. The topological polar surface area (TPSA) is 143 Å². The third-order valence-electron chi connectivity index (χ3n) is 11.8. The number of alkyl carbamates (subject to hydrolysis) is 1. The van der Waals surface area contributed by atoms with Crippen molar-refractivity contribution in [3.8, 4) is 11.1 Å². The van der Waals surface area contributed by atoms with Crippen molar-refractivity contribution in [3.63, 3.8) is 0 Å². The van der Waals surface area contributed by atoms with Gasteiger partial charge in [-0.3, -0.25) is 14.4 Å². The van der Waals surface area contributed by atoms with E-state index in [-0.39, 0.29) is 43.6 Å². The van der Waals surface area contributed by atoms with Gasteiger partial charge in [0.15, 0.2) is 0 Å². The number of hydrogen-bond acceptors (Lipinski definition) is 9. The molecule has 1 heterocycles. The molecule has 0 fully saturated rings.